The Kier molecular flexibility index (Phi) is 9.21. The maximum absolute atomic E-state index is 11.1. The van der Waals surface area contributed by atoms with E-state index in [2.05, 4.69) is 10.6 Å². The number of urea groups is 1. The third-order valence-electron chi connectivity index (χ3n) is 2.00. The molecule has 0 atom stereocenters. The van der Waals surface area contributed by atoms with Crippen molar-refractivity contribution < 1.29 is 9.90 Å². The fourth-order valence-electron chi connectivity index (χ4n) is 1.08. The number of amides is 2. The lowest BCUT2D eigenvalue weighted by atomic mass is 10.2. The van der Waals surface area contributed by atoms with Crippen molar-refractivity contribution in [3.63, 3.8) is 0 Å². The molecule has 0 bridgehead atoms. The summed E-state index contributed by atoms with van der Waals surface area (Å²) in [6.45, 7) is 2.66. The number of aliphatic hydroxyl groups is 1. The van der Waals surface area contributed by atoms with E-state index >= 15 is 0 Å². The summed E-state index contributed by atoms with van der Waals surface area (Å²) in [5.41, 5.74) is 0. The summed E-state index contributed by atoms with van der Waals surface area (Å²) in [4.78, 5) is 12.6. The van der Waals surface area contributed by atoms with Gasteiger partial charge in [0.05, 0.1) is 0 Å². The highest BCUT2D eigenvalue weighted by Gasteiger charge is 1.99. The highest BCUT2D eigenvalue weighted by atomic mass is 16.2. The van der Waals surface area contributed by atoms with Crippen LogP contribution in [0.25, 0.3) is 0 Å². The molecule has 0 heterocycles. The van der Waals surface area contributed by atoms with Crippen LogP contribution in [0.2, 0.25) is 0 Å². The van der Waals surface area contributed by atoms with Gasteiger partial charge in [0.25, 0.3) is 0 Å². The molecule has 0 saturated carbocycles. The number of rotatable bonds is 8. The number of carbonyl (C=O) groups excluding carboxylic acids is 1. The zero-order valence-corrected chi connectivity index (χ0v) is 9.75. The van der Waals surface area contributed by atoms with Crippen molar-refractivity contribution in [1.29, 1.82) is 0 Å². The second kappa shape index (κ2) is 9.73. The Labute approximate surface area is 91.8 Å². The summed E-state index contributed by atoms with van der Waals surface area (Å²) in [6.07, 6.45) is 2.99. The predicted octanol–water partition coefficient (Wildman–Crippen LogP) is 0.00980. The fourth-order valence-corrected chi connectivity index (χ4v) is 1.08. The summed E-state index contributed by atoms with van der Waals surface area (Å²) < 4.78 is 0. The highest BCUT2D eigenvalue weighted by Crippen LogP contribution is 1.91. The van der Waals surface area contributed by atoms with Crippen LogP contribution in [0.1, 0.15) is 19.3 Å². The van der Waals surface area contributed by atoms with Crippen LogP contribution < -0.4 is 10.6 Å². The smallest absolute Gasteiger partial charge is 0.316 e. The second-order valence-corrected chi connectivity index (χ2v) is 3.66. The average Bonchev–Trinajstić information content (AvgIpc) is 2.21. The standard InChI is InChI=1S/C10H23N3O2/c1-13(2)10(15)12-8-7-11-6-4-3-5-9-14/h11,14H,3-9H2,1-2H3,(H,12,15). The SMILES string of the molecule is CN(C)C(=O)NCCNCCCCCO. The largest absolute Gasteiger partial charge is 0.396 e. The van der Waals surface area contributed by atoms with Crippen LogP contribution in [0, 0.1) is 0 Å². The van der Waals surface area contributed by atoms with Gasteiger partial charge in [-0.3, -0.25) is 0 Å². The molecule has 0 aliphatic rings. The second-order valence-electron chi connectivity index (χ2n) is 3.66. The topological polar surface area (TPSA) is 64.6 Å². The molecule has 2 amide bonds. The van der Waals surface area contributed by atoms with E-state index in [4.69, 9.17) is 5.11 Å². The Morgan fingerprint density at radius 1 is 1.13 bits per heavy atom. The average molecular weight is 217 g/mol. The Morgan fingerprint density at radius 2 is 1.87 bits per heavy atom. The van der Waals surface area contributed by atoms with Crippen molar-refractivity contribution in [2.45, 2.75) is 19.3 Å². The first-order chi connectivity index (χ1) is 7.18. The predicted molar refractivity (Wildman–Crippen MR) is 60.9 cm³/mol. The van der Waals surface area contributed by atoms with E-state index in [1.165, 1.54) is 4.90 Å². The van der Waals surface area contributed by atoms with Gasteiger partial charge in [-0.2, -0.15) is 0 Å². The lowest BCUT2D eigenvalue weighted by Gasteiger charge is -2.12. The monoisotopic (exact) mass is 217 g/mol. The van der Waals surface area contributed by atoms with Crippen LogP contribution in [0.3, 0.4) is 0 Å². The van der Waals surface area contributed by atoms with Crippen molar-refractivity contribution in [3.8, 4) is 0 Å². The van der Waals surface area contributed by atoms with E-state index in [1.54, 1.807) is 14.1 Å². The van der Waals surface area contributed by atoms with Gasteiger partial charge >= 0.3 is 6.03 Å². The Morgan fingerprint density at radius 3 is 2.47 bits per heavy atom. The van der Waals surface area contributed by atoms with Crippen LogP contribution >= 0.6 is 0 Å². The minimum Gasteiger partial charge on any atom is -0.396 e. The van der Waals surface area contributed by atoms with E-state index in [0.717, 1.165) is 32.4 Å². The number of carbonyl (C=O) groups is 1. The van der Waals surface area contributed by atoms with E-state index in [-0.39, 0.29) is 12.6 Å². The van der Waals surface area contributed by atoms with Gasteiger partial charge in [0.1, 0.15) is 0 Å². The molecule has 0 spiro atoms. The molecule has 0 aromatic rings. The molecule has 3 N–H and O–H groups in total. The van der Waals surface area contributed by atoms with Crippen LogP contribution in [0.15, 0.2) is 0 Å². The number of aliphatic hydroxyl groups excluding tert-OH is 1. The van der Waals surface area contributed by atoms with Gasteiger partial charge < -0.3 is 20.6 Å². The Balaban J connectivity index is 3.08. The maximum atomic E-state index is 11.1. The van der Waals surface area contributed by atoms with Crippen LogP contribution in [-0.2, 0) is 0 Å². The van der Waals surface area contributed by atoms with Crippen LogP contribution in [-0.4, -0.2) is 56.4 Å². The Bertz CT molecular complexity index is 163. The molecule has 0 aromatic heterocycles. The lowest BCUT2D eigenvalue weighted by molar-refractivity contribution is 0.217. The molecule has 0 unspecified atom stereocenters. The third kappa shape index (κ3) is 9.49. The molecular formula is C10H23N3O2. The van der Waals surface area contributed by atoms with Crippen molar-refractivity contribution >= 4 is 6.03 Å². The number of nitrogens with one attached hydrogen (secondary N) is 2. The van der Waals surface area contributed by atoms with Crippen molar-refractivity contribution in [2.75, 3.05) is 40.3 Å². The summed E-state index contributed by atoms with van der Waals surface area (Å²) in [6, 6.07) is -0.0583. The van der Waals surface area contributed by atoms with Gasteiger partial charge in [-0.25, -0.2) is 4.79 Å². The van der Waals surface area contributed by atoms with Gasteiger partial charge in [0.15, 0.2) is 0 Å². The van der Waals surface area contributed by atoms with Gasteiger partial charge in [0, 0.05) is 33.8 Å². The van der Waals surface area contributed by atoms with E-state index < -0.39 is 0 Å². The number of unbranched alkanes of at least 4 members (excludes halogenated alkanes) is 2. The molecule has 0 aliphatic heterocycles. The highest BCUT2D eigenvalue weighted by molar-refractivity contribution is 5.73. The van der Waals surface area contributed by atoms with E-state index in [9.17, 15) is 4.79 Å². The number of hydrogen-bond donors (Lipinski definition) is 3. The number of hydrogen-bond acceptors (Lipinski definition) is 3. The molecule has 15 heavy (non-hydrogen) atoms. The van der Waals surface area contributed by atoms with Gasteiger partial charge in [-0.1, -0.05) is 0 Å². The molecule has 0 radical (unpaired) electrons. The van der Waals surface area contributed by atoms with Crippen molar-refractivity contribution in [2.24, 2.45) is 0 Å². The molecule has 0 rings (SSSR count). The van der Waals surface area contributed by atoms with Crippen molar-refractivity contribution in [1.82, 2.24) is 15.5 Å². The van der Waals surface area contributed by atoms with E-state index in [0.29, 0.717) is 6.54 Å². The fraction of sp³-hybridized carbons (Fsp3) is 0.900. The minimum atomic E-state index is -0.0583. The molecule has 0 saturated heterocycles. The molecule has 0 aliphatic carbocycles. The summed E-state index contributed by atoms with van der Waals surface area (Å²) in [5.74, 6) is 0. The minimum absolute atomic E-state index is 0.0583. The number of nitrogens with zero attached hydrogens (tertiary/aromatic N) is 1. The summed E-state index contributed by atoms with van der Waals surface area (Å²) in [7, 11) is 3.44. The lowest BCUT2D eigenvalue weighted by Crippen LogP contribution is -2.38. The molecule has 5 heteroatoms. The quantitative estimate of drug-likeness (QED) is 0.502. The molecule has 90 valence electrons. The Hall–Kier alpha value is -0.810. The van der Waals surface area contributed by atoms with Crippen molar-refractivity contribution in [3.05, 3.63) is 0 Å². The van der Waals surface area contributed by atoms with Gasteiger partial charge in [-0.05, 0) is 25.8 Å². The first-order valence-electron chi connectivity index (χ1n) is 5.45. The van der Waals surface area contributed by atoms with Crippen LogP contribution in [0.4, 0.5) is 4.79 Å². The zero-order valence-electron chi connectivity index (χ0n) is 9.75. The summed E-state index contributed by atoms with van der Waals surface area (Å²) >= 11 is 0. The zero-order chi connectivity index (χ0) is 11.5. The van der Waals surface area contributed by atoms with Gasteiger partial charge in [0.2, 0.25) is 0 Å². The molecule has 5 nitrogen and oxygen atoms in total. The maximum Gasteiger partial charge on any atom is 0.316 e. The molecule has 0 aromatic carbocycles. The van der Waals surface area contributed by atoms with E-state index in [1.807, 2.05) is 0 Å². The first kappa shape index (κ1) is 14.2. The van der Waals surface area contributed by atoms with Gasteiger partial charge in [-0.15, -0.1) is 0 Å². The van der Waals surface area contributed by atoms with Crippen LogP contribution in [0.5, 0.6) is 0 Å². The molecular weight excluding hydrogens is 194 g/mol. The normalized spacial score (nSPS) is 10.1. The molecule has 0 fully saturated rings. The third-order valence-corrected chi connectivity index (χ3v) is 2.00. The summed E-state index contributed by atoms with van der Waals surface area (Å²) in [5, 5.41) is 14.5. The first-order valence-corrected chi connectivity index (χ1v) is 5.45.